The van der Waals surface area contributed by atoms with Gasteiger partial charge in [0.05, 0.1) is 6.61 Å². The van der Waals surface area contributed by atoms with Gasteiger partial charge in [-0.3, -0.25) is 4.79 Å². The highest BCUT2D eigenvalue weighted by Crippen LogP contribution is 2.45. The summed E-state index contributed by atoms with van der Waals surface area (Å²) < 4.78 is 43.6. The van der Waals surface area contributed by atoms with E-state index in [9.17, 15) is 18.0 Å². The van der Waals surface area contributed by atoms with Crippen LogP contribution in [0.2, 0.25) is 0 Å². The maximum absolute atomic E-state index is 13.0. The molecule has 1 saturated heterocycles. The second-order valence-electron chi connectivity index (χ2n) is 4.32. The van der Waals surface area contributed by atoms with Crippen molar-refractivity contribution in [3.8, 4) is 0 Å². The van der Waals surface area contributed by atoms with Gasteiger partial charge in [-0.2, -0.15) is 13.2 Å². The quantitative estimate of drug-likeness (QED) is 0.806. The molecule has 0 saturated carbocycles. The Bertz CT molecular complexity index is 283. The lowest BCUT2D eigenvalue weighted by atomic mass is 9.87. The molecule has 0 aromatic rings. The Morgan fingerprint density at radius 2 is 2.18 bits per heavy atom. The van der Waals surface area contributed by atoms with Crippen LogP contribution < -0.4 is 5.73 Å². The number of hydrogen-bond acceptors (Lipinski definition) is 3. The molecule has 7 heteroatoms. The molecule has 1 aliphatic rings. The molecule has 100 valence electrons. The van der Waals surface area contributed by atoms with Crippen LogP contribution in [0.4, 0.5) is 13.2 Å². The number of nitrogens with zero attached hydrogens (tertiary/aromatic N) is 1. The van der Waals surface area contributed by atoms with Gasteiger partial charge in [0.1, 0.15) is 5.41 Å². The van der Waals surface area contributed by atoms with Crippen molar-refractivity contribution in [3.63, 3.8) is 0 Å². The number of carbonyl (C=O) groups is 1. The minimum atomic E-state index is -4.36. The summed E-state index contributed by atoms with van der Waals surface area (Å²) in [4.78, 5) is 12.7. The lowest BCUT2D eigenvalue weighted by Crippen LogP contribution is -2.45. The molecule has 17 heavy (non-hydrogen) atoms. The van der Waals surface area contributed by atoms with Crippen LogP contribution in [0.3, 0.4) is 0 Å². The highest BCUT2D eigenvalue weighted by atomic mass is 19.4. The first-order valence-corrected chi connectivity index (χ1v) is 5.40. The van der Waals surface area contributed by atoms with Gasteiger partial charge in [-0.05, 0) is 6.42 Å². The first-order valence-electron chi connectivity index (χ1n) is 5.40. The van der Waals surface area contributed by atoms with Crippen molar-refractivity contribution in [3.05, 3.63) is 0 Å². The number of amides is 1. The first-order chi connectivity index (χ1) is 7.86. The molecule has 0 aliphatic carbocycles. The number of alkyl halides is 3. The summed E-state index contributed by atoms with van der Waals surface area (Å²) in [5.41, 5.74) is 3.29. The maximum atomic E-state index is 13.0. The Hall–Kier alpha value is -0.820. The minimum Gasteiger partial charge on any atom is -0.384 e. The fraction of sp³-hybridized carbons (Fsp3) is 0.900. The molecule has 1 fully saturated rings. The lowest BCUT2D eigenvalue weighted by molar-refractivity contribution is -0.232. The van der Waals surface area contributed by atoms with Crippen LogP contribution in [0.1, 0.15) is 12.8 Å². The van der Waals surface area contributed by atoms with Gasteiger partial charge in [0.2, 0.25) is 5.91 Å². The van der Waals surface area contributed by atoms with E-state index in [1.165, 1.54) is 12.0 Å². The molecule has 1 amide bonds. The van der Waals surface area contributed by atoms with Crippen molar-refractivity contribution >= 4 is 5.91 Å². The molecule has 0 spiro atoms. The zero-order chi connectivity index (χ0) is 13.1. The highest BCUT2D eigenvalue weighted by Gasteiger charge is 2.58. The van der Waals surface area contributed by atoms with Crippen molar-refractivity contribution in [2.45, 2.75) is 19.0 Å². The molecule has 0 aromatic carbocycles. The molecular formula is C10H17F3N2O2. The number of methoxy groups -OCH3 is 1. The van der Waals surface area contributed by atoms with Gasteiger partial charge in [-0.1, -0.05) is 0 Å². The first kappa shape index (κ1) is 14.2. The topological polar surface area (TPSA) is 55.6 Å². The van der Waals surface area contributed by atoms with Crippen molar-refractivity contribution in [1.29, 1.82) is 0 Å². The van der Waals surface area contributed by atoms with Crippen molar-refractivity contribution < 1.29 is 22.7 Å². The van der Waals surface area contributed by atoms with E-state index >= 15 is 0 Å². The number of likely N-dealkylation sites (tertiary alicyclic amines) is 1. The Kier molecular flexibility index (Phi) is 4.37. The summed E-state index contributed by atoms with van der Waals surface area (Å²) in [6.07, 6.45) is -4.39. The normalized spacial score (nSPS) is 25.4. The van der Waals surface area contributed by atoms with Gasteiger partial charge in [0.15, 0.2) is 0 Å². The van der Waals surface area contributed by atoms with Crippen LogP contribution in [0.5, 0.6) is 0 Å². The summed E-state index contributed by atoms with van der Waals surface area (Å²) >= 11 is 0. The Morgan fingerprint density at radius 1 is 1.53 bits per heavy atom. The second-order valence-corrected chi connectivity index (χ2v) is 4.32. The predicted molar refractivity (Wildman–Crippen MR) is 55.2 cm³/mol. The van der Waals surface area contributed by atoms with E-state index in [1.54, 1.807) is 0 Å². The van der Waals surface area contributed by atoms with Gasteiger partial charge >= 0.3 is 6.18 Å². The highest BCUT2D eigenvalue weighted by molar-refractivity contribution is 5.76. The van der Waals surface area contributed by atoms with Gasteiger partial charge in [-0.25, -0.2) is 0 Å². The van der Waals surface area contributed by atoms with Crippen LogP contribution in [-0.4, -0.2) is 50.3 Å². The number of nitrogens with two attached hydrogens (primary N) is 1. The molecule has 0 radical (unpaired) electrons. The number of halogens is 3. The van der Waals surface area contributed by atoms with Crippen LogP contribution in [0.15, 0.2) is 0 Å². The third kappa shape index (κ3) is 2.90. The fourth-order valence-corrected chi connectivity index (χ4v) is 2.07. The van der Waals surface area contributed by atoms with E-state index in [0.29, 0.717) is 0 Å². The molecule has 1 aliphatic heterocycles. The third-order valence-corrected chi connectivity index (χ3v) is 3.09. The Balaban J connectivity index is 2.75. The van der Waals surface area contributed by atoms with Gasteiger partial charge in [0.25, 0.3) is 0 Å². The van der Waals surface area contributed by atoms with Crippen molar-refractivity contribution in [2.24, 2.45) is 11.1 Å². The van der Waals surface area contributed by atoms with E-state index in [2.05, 4.69) is 4.74 Å². The minimum absolute atomic E-state index is 0.0842. The van der Waals surface area contributed by atoms with Crippen LogP contribution in [0, 0.1) is 5.41 Å². The summed E-state index contributed by atoms with van der Waals surface area (Å²) in [5, 5.41) is 0. The zero-order valence-corrected chi connectivity index (χ0v) is 9.72. The third-order valence-electron chi connectivity index (χ3n) is 3.09. The van der Waals surface area contributed by atoms with E-state index in [0.717, 1.165) is 0 Å². The zero-order valence-electron chi connectivity index (χ0n) is 9.72. The summed E-state index contributed by atoms with van der Waals surface area (Å²) in [5.74, 6) is -0.324. The van der Waals surface area contributed by atoms with E-state index in [1.807, 2.05) is 0 Å². The van der Waals surface area contributed by atoms with Gasteiger partial charge in [0, 0.05) is 33.2 Å². The monoisotopic (exact) mass is 254 g/mol. The average molecular weight is 254 g/mol. The van der Waals surface area contributed by atoms with Crippen LogP contribution >= 0.6 is 0 Å². The number of ether oxygens (including phenoxy) is 1. The number of carbonyl (C=O) groups excluding carboxylic acids is 1. The largest absolute Gasteiger partial charge is 0.398 e. The summed E-state index contributed by atoms with van der Waals surface area (Å²) in [6.45, 7) is -0.480. The molecule has 1 heterocycles. The molecular weight excluding hydrogens is 237 g/mol. The molecule has 2 N–H and O–H groups in total. The van der Waals surface area contributed by atoms with Crippen molar-refractivity contribution in [1.82, 2.24) is 4.90 Å². The fourth-order valence-electron chi connectivity index (χ4n) is 2.07. The van der Waals surface area contributed by atoms with Crippen LogP contribution in [-0.2, 0) is 9.53 Å². The van der Waals surface area contributed by atoms with Gasteiger partial charge < -0.3 is 15.4 Å². The predicted octanol–water partition coefficient (Wildman–Crippen LogP) is 0.763. The summed E-state index contributed by atoms with van der Waals surface area (Å²) in [7, 11) is 1.23. The van der Waals surface area contributed by atoms with Crippen LogP contribution in [0.25, 0.3) is 0 Å². The van der Waals surface area contributed by atoms with Crippen molar-refractivity contribution in [2.75, 3.05) is 33.4 Å². The molecule has 0 unspecified atom stereocenters. The number of hydrogen-bond donors (Lipinski definition) is 1. The molecule has 1 rings (SSSR count). The maximum Gasteiger partial charge on any atom is 0.398 e. The standard InChI is InChI=1S/C10H17F3N2O2/c1-17-7-9(10(11,12)13)3-5-15(6-9)8(16)2-4-14/h2-7,14H2,1H3/t9-/m1/s1. The van der Waals surface area contributed by atoms with E-state index < -0.39 is 18.2 Å². The average Bonchev–Trinajstić information content (AvgIpc) is 2.63. The van der Waals surface area contributed by atoms with E-state index in [-0.39, 0.29) is 38.4 Å². The molecule has 1 atom stereocenters. The second kappa shape index (κ2) is 5.22. The number of rotatable bonds is 4. The molecule has 0 aromatic heterocycles. The summed E-state index contributed by atoms with van der Waals surface area (Å²) in [6, 6.07) is 0. The molecule has 0 bridgehead atoms. The molecule has 4 nitrogen and oxygen atoms in total. The Labute approximate surface area is 97.9 Å². The SMILES string of the molecule is COC[C@@]1(C(F)(F)F)CCN(C(=O)CCN)C1. The van der Waals surface area contributed by atoms with Gasteiger partial charge in [-0.15, -0.1) is 0 Å². The van der Waals surface area contributed by atoms with E-state index in [4.69, 9.17) is 5.73 Å². The smallest absolute Gasteiger partial charge is 0.384 e. The Morgan fingerprint density at radius 3 is 2.65 bits per heavy atom. The lowest BCUT2D eigenvalue weighted by Gasteiger charge is -2.30.